The number of rotatable bonds is 5. The number of nitrogens with one attached hydrogen (secondary N) is 1. The number of para-hydroxylation sites is 1. The molecule has 26 heavy (non-hydrogen) atoms. The second-order valence-electron chi connectivity index (χ2n) is 6.68. The summed E-state index contributed by atoms with van der Waals surface area (Å²) in [7, 11) is 0. The molecule has 0 radical (unpaired) electrons. The summed E-state index contributed by atoms with van der Waals surface area (Å²) in [4.78, 5) is 38.2. The highest BCUT2D eigenvalue weighted by molar-refractivity contribution is 5.81. The van der Waals surface area contributed by atoms with E-state index in [0.717, 1.165) is 19.3 Å². The Balaban J connectivity index is 1.69. The lowest BCUT2D eigenvalue weighted by atomic mass is 10.1. The van der Waals surface area contributed by atoms with E-state index in [9.17, 15) is 14.4 Å². The van der Waals surface area contributed by atoms with Crippen molar-refractivity contribution in [3.05, 3.63) is 40.7 Å². The van der Waals surface area contributed by atoms with Gasteiger partial charge in [-0.05, 0) is 31.4 Å². The molecule has 1 fully saturated rings. The molecule has 1 aromatic carbocycles. The summed E-state index contributed by atoms with van der Waals surface area (Å²) in [5, 5.41) is 7.68. The van der Waals surface area contributed by atoms with Crippen molar-refractivity contribution in [1.29, 1.82) is 0 Å². The molecule has 1 aliphatic rings. The van der Waals surface area contributed by atoms with Crippen LogP contribution in [-0.2, 0) is 16.1 Å². The zero-order valence-corrected chi connectivity index (χ0v) is 15.0. The van der Waals surface area contributed by atoms with Gasteiger partial charge < -0.3 is 10.2 Å². The Morgan fingerprint density at radius 2 is 2.12 bits per heavy atom. The maximum absolute atomic E-state index is 12.7. The van der Waals surface area contributed by atoms with Gasteiger partial charge in [-0.15, -0.1) is 0 Å². The molecule has 2 heterocycles. The van der Waals surface area contributed by atoms with Crippen molar-refractivity contribution in [3.8, 4) is 0 Å². The van der Waals surface area contributed by atoms with Crippen LogP contribution >= 0.6 is 0 Å². The Bertz CT molecular complexity index is 861. The highest BCUT2D eigenvalue weighted by Gasteiger charge is 2.25. The number of piperidine rings is 1. The van der Waals surface area contributed by atoms with Crippen LogP contribution in [0.5, 0.6) is 0 Å². The van der Waals surface area contributed by atoms with E-state index in [1.165, 1.54) is 6.20 Å². The molecule has 1 N–H and O–H groups in total. The highest BCUT2D eigenvalue weighted by atomic mass is 16.2. The second kappa shape index (κ2) is 8.12. The first-order chi connectivity index (χ1) is 12.6. The Kier molecular flexibility index (Phi) is 5.65. The molecule has 138 valence electrons. The van der Waals surface area contributed by atoms with Crippen molar-refractivity contribution >= 4 is 22.7 Å². The van der Waals surface area contributed by atoms with E-state index in [4.69, 9.17) is 0 Å². The fourth-order valence-corrected chi connectivity index (χ4v) is 3.36. The molecule has 3 rings (SSSR count). The van der Waals surface area contributed by atoms with Gasteiger partial charge in [0.2, 0.25) is 17.2 Å². The van der Waals surface area contributed by atoms with Crippen molar-refractivity contribution in [2.45, 2.75) is 45.2 Å². The molecule has 1 aliphatic heterocycles. The second-order valence-corrected chi connectivity index (χ2v) is 6.68. The molecule has 2 amide bonds. The fraction of sp³-hybridized carbons (Fsp3) is 0.474. The van der Waals surface area contributed by atoms with E-state index in [2.05, 4.69) is 10.4 Å². The third kappa shape index (κ3) is 4.09. The largest absolute Gasteiger partial charge is 0.352 e. The molecule has 0 bridgehead atoms. The third-order valence-corrected chi connectivity index (χ3v) is 4.66. The average Bonchev–Trinajstić information content (AvgIpc) is 2.64. The van der Waals surface area contributed by atoms with E-state index < -0.39 is 0 Å². The van der Waals surface area contributed by atoms with Crippen LogP contribution in [-0.4, -0.2) is 45.6 Å². The van der Waals surface area contributed by atoms with Gasteiger partial charge in [0.25, 0.3) is 0 Å². The molecule has 1 aromatic heterocycles. The lowest BCUT2D eigenvalue weighted by Crippen LogP contribution is -2.50. The zero-order valence-electron chi connectivity index (χ0n) is 15.0. The minimum Gasteiger partial charge on any atom is -0.352 e. The molecule has 0 saturated carbocycles. The molecule has 1 saturated heterocycles. The number of amides is 2. The first-order valence-corrected chi connectivity index (χ1v) is 9.10. The van der Waals surface area contributed by atoms with Crippen LogP contribution in [0.1, 0.15) is 32.6 Å². The van der Waals surface area contributed by atoms with Crippen LogP contribution in [0.3, 0.4) is 0 Å². The Hall–Kier alpha value is -2.70. The molecular formula is C19H24N4O3. The van der Waals surface area contributed by atoms with Gasteiger partial charge in [-0.1, -0.05) is 19.1 Å². The fourth-order valence-electron chi connectivity index (χ4n) is 3.36. The van der Waals surface area contributed by atoms with Crippen LogP contribution in [0.25, 0.3) is 10.9 Å². The zero-order chi connectivity index (χ0) is 18.5. The first kappa shape index (κ1) is 18.1. The van der Waals surface area contributed by atoms with Crippen molar-refractivity contribution < 1.29 is 9.59 Å². The molecular weight excluding hydrogens is 332 g/mol. The van der Waals surface area contributed by atoms with Gasteiger partial charge in [-0.2, -0.15) is 5.10 Å². The topological polar surface area (TPSA) is 84.3 Å². The minimum absolute atomic E-state index is 0.00507. The van der Waals surface area contributed by atoms with Crippen LogP contribution in [0.2, 0.25) is 0 Å². The number of hydrogen-bond donors (Lipinski definition) is 1. The maximum atomic E-state index is 12.7. The Morgan fingerprint density at radius 1 is 1.31 bits per heavy atom. The van der Waals surface area contributed by atoms with Crippen LogP contribution in [0.15, 0.2) is 35.3 Å². The Morgan fingerprint density at radius 3 is 2.92 bits per heavy atom. The number of fused-ring (bicyclic) bond motifs is 1. The van der Waals surface area contributed by atoms with Crippen molar-refractivity contribution in [2.75, 3.05) is 13.1 Å². The van der Waals surface area contributed by atoms with Crippen LogP contribution in [0, 0.1) is 0 Å². The molecule has 0 spiro atoms. The number of carbonyl (C=O) groups excluding carboxylic acids is 2. The smallest absolute Gasteiger partial charge is 0.244 e. The molecule has 7 nitrogen and oxygen atoms in total. The Labute approximate surface area is 152 Å². The first-order valence-electron chi connectivity index (χ1n) is 9.10. The van der Waals surface area contributed by atoms with Crippen molar-refractivity contribution in [3.63, 3.8) is 0 Å². The summed E-state index contributed by atoms with van der Waals surface area (Å²) in [5.74, 6) is -0.0133. The van der Waals surface area contributed by atoms with E-state index in [-0.39, 0.29) is 29.8 Å². The summed E-state index contributed by atoms with van der Waals surface area (Å²) >= 11 is 0. The SMILES string of the molecule is CCCC(=O)NC1CCCN(C(=O)Cn2ncc(=O)c3ccccc32)C1. The van der Waals surface area contributed by atoms with Crippen molar-refractivity contribution in [1.82, 2.24) is 20.0 Å². The van der Waals surface area contributed by atoms with E-state index >= 15 is 0 Å². The summed E-state index contributed by atoms with van der Waals surface area (Å²) < 4.78 is 1.57. The number of carbonyl (C=O) groups is 2. The third-order valence-electron chi connectivity index (χ3n) is 4.66. The number of nitrogens with zero attached hydrogens (tertiary/aromatic N) is 3. The summed E-state index contributed by atoms with van der Waals surface area (Å²) in [6.07, 6.45) is 4.32. The van der Waals surface area contributed by atoms with Gasteiger partial charge in [0.15, 0.2) is 0 Å². The van der Waals surface area contributed by atoms with E-state index in [0.29, 0.717) is 30.4 Å². The van der Waals surface area contributed by atoms with E-state index in [1.807, 2.05) is 13.0 Å². The van der Waals surface area contributed by atoms with Crippen LogP contribution < -0.4 is 10.7 Å². The molecule has 0 aliphatic carbocycles. The molecule has 1 atom stereocenters. The summed E-state index contributed by atoms with van der Waals surface area (Å²) in [5.41, 5.74) is 0.499. The van der Waals surface area contributed by atoms with Gasteiger partial charge >= 0.3 is 0 Å². The monoisotopic (exact) mass is 356 g/mol. The average molecular weight is 356 g/mol. The predicted octanol–water partition coefficient (Wildman–Crippen LogP) is 1.30. The van der Waals surface area contributed by atoms with Crippen molar-refractivity contribution in [2.24, 2.45) is 0 Å². The quantitative estimate of drug-likeness (QED) is 0.875. The number of benzene rings is 1. The van der Waals surface area contributed by atoms with Gasteiger partial charge in [0.05, 0.1) is 11.7 Å². The predicted molar refractivity (Wildman–Crippen MR) is 98.7 cm³/mol. The highest BCUT2D eigenvalue weighted by Crippen LogP contribution is 2.13. The van der Waals surface area contributed by atoms with Crippen LogP contribution in [0.4, 0.5) is 0 Å². The molecule has 2 aromatic rings. The molecule has 7 heteroatoms. The number of likely N-dealkylation sites (tertiary alicyclic amines) is 1. The maximum Gasteiger partial charge on any atom is 0.244 e. The van der Waals surface area contributed by atoms with Gasteiger partial charge in [0.1, 0.15) is 6.54 Å². The lowest BCUT2D eigenvalue weighted by molar-refractivity contribution is -0.134. The number of hydrogen-bond acceptors (Lipinski definition) is 4. The summed E-state index contributed by atoms with van der Waals surface area (Å²) in [6, 6.07) is 7.15. The lowest BCUT2D eigenvalue weighted by Gasteiger charge is -2.33. The standard InChI is InChI=1S/C19H24N4O3/c1-2-6-18(25)21-14-7-5-10-22(12-14)19(26)13-23-16-9-4-3-8-15(16)17(24)11-20-23/h3-4,8-9,11,14H,2,5-7,10,12-13H2,1H3,(H,21,25). The minimum atomic E-state index is -0.152. The normalized spacial score (nSPS) is 17.3. The van der Waals surface area contributed by atoms with Gasteiger partial charge in [-0.25, -0.2) is 0 Å². The number of aromatic nitrogens is 2. The van der Waals surface area contributed by atoms with E-state index in [1.54, 1.807) is 27.8 Å². The summed E-state index contributed by atoms with van der Waals surface area (Å²) in [6.45, 7) is 3.25. The molecule has 1 unspecified atom stereocenters. The van der Waals surface area contributed by atoms with Gasteiger partial charge in [-0.3, -0.25) is 19.1 Å². The van der Waals surface area contributed by atoms with Gasteiger partial charge in [0, 0.05) is 30.9 Å².